The maximum absolute atomic E-state index is 4.00. The quantitative estimate of drug-likeness (QED) is 0.837. The van der Waals surface area contributed by atoms with Gasteiger partial charge in [0.2, 0.25) is 0 Å². The third-order valence-electron chi connectivity index (χ3n) is 5.32. The summed E-state index contributed by atoms with van der Waals surface area (Å²) in [6.07, 6.45) is 6.95. The second kappa shape index (κ2) is 5.52. The molecule has 2 saturated carbocycles. The molecule has 0 spiro atoms. The van der Waals surface area contributed by atoms with Crippen molar-refractivity contribution in [2.45, 2.75) is 70.9 Å². The van der Waals surface area contributed by atoms with Gasteiger partial charge in [-0.15, -0.1) is 0 Å². The number of rotatable bonds is 3. The van der Waals surface area contributed by atoms with Gasteiger partial charge in [-0.25, -0.2) is 0 Å². The molecular formula is C19H29N. The molecule has 1 aromatic rings. The van der Waals surface area contributed by atoms with Crippen LogP contribution < -0.4 is 5.32 Å². The van der Waals surface area contributed by atoms with Crippen molar-refractivity contribution in [2.24, 2.45) is 11.3 Å². The van der Waals surface area contributed by atoms with Gasteiger partial charge in [0.25, 0.3) is 0 Å². The second-order valence-corrected chi connectivity index (χ2v) is 7.89. The third-order valence-corrected chi connectivity index (χ3v) is 5.32. The van der Waals surface area contributed by atoms with Gasteiger partial charge in [0, 0.05) is 18.0 Å². The highest BCUT2D eigenvalue weighted by atomic mass is 15.0. The van der Waals surface area contributed by atoms with Crippen molar-refractivity contribution in [2.75, 3.05) is 0 Å². The predicted molar refractivity (Wildman–Crippen MR) is 85.9 cm³/mol. The molecule has 4 unspecified atom stereocenters. The Labute approximate surface area is 124 Å². The Kier molecular flexibility index (Phi) is 3.90. The molecule has 2 fully saturated rings. The molecule has 110 valence electrons. The van der Waals surface area contributed by atoms with Gasteiger partial charge in [-0.2, -0.15) is 0 Å². The fourth-order valence-corrected chi connectivity index (χ4v) is 4.09. The molecule has 2 aliphatic rings. The lowest BCUT2D eigenvalue weighted by atomic mass is 9.69. The molecule has 0 aromatic heterocycles. The molecule has 1 N–H and O–H groups in total. The summed E-state index contributed by atoms with van der Waals surface area (Å²) >= 11 is 0. The van der Waals surface area contributed by atoms with Gasteiger partial charge in [0.1, 0.15) is 0 Å². The molecule has 4 atom stereocenters. The lowest BCUT2D eigenvalue weighted by Crippen LogP contribution is -2.45. The van der Waals surface area contributed by atoms with E-state index in [1.807, 2.05) is 0 Å². The molecule has 2 aliphatic carbocycles. The normalized spacial score (nSPS) is 34.0. The highest BCUT2D eigenvalue weighted by Crippen LogP contribution is 2.44. The van der Waals surface area contributed by atoms with Crippen molar-refractivity contribution < 1.29 is 0 Å². The van der Waals surface area contributed by atoms with Crippen molar-refractivity contribution in [1.29, 1.82) is 0 Å². The fraction of sp³-hybridized carbons (Fsp3) is 0.684. The first-order chi connectivity index (χ1) is 9.55. The van der Waals surface area contributed by atoms with Gasteiger partial charge in [-0.1, -0.05) is 63.9 Å². The maximum Gasteiger partial charge on any atom is 0.0145 e. The van der Waals surface area contributed by atoms with E-state index in [2.05, 4.69) is 56.4 Å². The molecule has 1 heteroatoms. The summed E-state index contributed by atoms with van der Waals surface area (Å²) in [5.74, 6) is 1.60. The van der Waals surface area contributed by atoms with E-state index in [1.54, 1.807) is 0 Å². The van der Waals surface area contributed by atoms with E-state index in [4.69, 9.17) is 0 Å². The van der Waals surface area contributed by atoms with Crippen LogP contribution in [0.2, 0.25) is 0 Å². The summed E-state index contributed by atoms with van der Waals surface area (Å²) < 4.78 is 0. The van der Waals surface area contributed by atoms with Crippen LogP contribution in [0.4, 0.5) is 0 Å². The monoisotopic (exact) mass is 271 g/mol. The zero-order valence-electron chi connectivity index (χ0n) is 13.2. The number of hydrogen-bond acceptors (Lipinski definition) is 1. The molecule has 1 aromatic carbocycles. The van der Waals surface area contributed by atoms with E-state index in [0.717, 1.165) is 23.9 Å². The van der Waals surface area contributed by atoms with Crippen LogP contribution in [0.15, 0.2) is 30.3 Å². The van der Waals surface area contributed by atoms with E-state index in [9.17, 15) is 0 Å². The Balaban J connectivity index is 1.61. The van der Waals surface area contributed by atoms with Gasteiger partial charge in [0.15, 0.2) is 0 Å². The lowest BCUT2D eigenvalue weighted by Gasteiger charge is -2.41. The summed E-state index contributed by atoms with van der Waals surface area (Å²) in [6.45, 7) is 7.25. The predicted octanol–water partition coefficient (Wildman–Crippen LogP) is 4.74. The zero-order chi connectivity index (χ0) is 14.2. The van der Waals surface area contributed by atoms with Crippen molar-refractivity contribution in [3.63, 3.8) is 0 Å². The molecule has 1 nitrogen and oxygen atoms in total. The summed E-state index contributed by atoms with van der Waals surface area (Å²) in [6, 6.07) is 12.5. The highest BCUT2D eigenvalue weighted by Gasteiger charge is 2.42. The Morgan fingerprint density at radius 3 is 2.35 bits per heavy atom. The molecule has 20 heavy (non-hydrogen) atoms. The zero-order valence-corrected chi connectivity index (χ0v) is 13.2. The van der Waals surface area contributed by atoms with Gasteiger partial charge < -0.3 is 5.32 Å². The van der Waals surface area contributed by atoms with E-state index < -0.39 is 0 Å². The van der Waals surface area contributed by atoms with Crippen LogP contribution in [0, 0.1) is 11.3 Å². The van der Waals surface area contributed by atoms with Gasteiger partial charge in [-0.05, 0) is 36.2 Å². The van der Waals surface area contributed by atoms with Crippen molar-refractivity contribution in [3.05, 3.63) is 35.9 Å². The topological polar surface area (TPSA) is 12.0 Å². The first-order valence-corrected chi connectivity index (χ1v) is 8.37. The van der Waals surface area contributed by atoms with Crippen molar-refractivity contribution in [3.8, 4) is 0 Å². The van der Waals surface area contributed by atoms with Crippen molar-refractivity contribution >= 4 is 0 Å². The highest BCUT2D eigenvalue weighted by molar-refractivity contribution is 5.27. The minimum atomic E-state index is 0.440. The average Bonchev–Trinajstić information content (AvgIpc) is 3.18. The summed E-state index contributed by atoms with van der Waals surface area (Å²) in [5.41, 5.74) is 1.96. The van der Waals surface area contributed by atoms with Crippen LogP contribution in [0.25, 0.3) is 0 Å². The fourth-order valence-electron chi connectivity index (χ4n) is 4.09. The summed E-state index contributed by atoms with van der Waals surface area (Å²) in [7, 11) is 0. The Bertz CT molecular complexity index is 431. The minimum Gasteiger partial charge on any atom is -0.310 e. The Morgan fingerprint density at radius 2 is 1.65 bits per heavy atom. The van der Waals surface area contributed by atoms with E-state index in [-0.39, 0.29) is 0 Å². The number of hydrogen-bond donors (Lipinski definition) is 1. The molecule has 3 rings (SSSR count). The Morgan fingerprint density at radius 1 is 0.950 bits per heavy atom. The molecule has 0 bridgehead atoms. The van der Waals surface area contributed by atoms with Crippen LogP contribution in [0.3, 0.4) is 0 Å². The molecule has 0 aliphatic heterocycles. The van der Waals surface area contributed by atoms with Crippen LogP contribution in [0.1, 0.15) is 64.4 Å². The van der Waals surface area contributed by atoms with E-state index in [0.29, 0.717) is 5.41 Å². The molecule has 0 amide bonds. The minimum absolute atomic E-state index is 0.440. The second-order valence-electron chi connectivity index (χ2n) is 7.89. The first kappa shape index (κ1) is 14.1. The largest absolute Gasteiger partial charge is 0.310 e. The van der Waals surface area contributed by atoms with Crippen molar-refractivity contribution in [1.82, 2.24) is 5.32 Å². The van der Waals surface area contributed by atoms with Gasteiger partial charge in [-0.3, -0.25) is 0 Å². The number of nitrogens with one attached hydrogen (secondary N) is 1. The Hall–Kier alpha value is -0.820. The van der Waals surface area contributed by atoms with Crippen LogP contribution in [0.5, 0.6) is 0 Å². The van der Waals surface area contributed by atoms with E-state index in [1.165, 1.54) is 37.7 Å². The summed E-state index contributed by atoms with van der Waals surface area (Å²) in [4.78, 5) is 0. The molecule has 0 saturated heterocycles. The molecule has 0 radical (unpaired) electrons. The lowest BCUT2D eigenvalue weighted by molar-refractivity contribution is 0.129. The van der Waals surface area contributed by atoms with Gasteiger partial charge >= 0.3 is 0 Å². The van der Waals surface area contributed by atoms with Crippen LogP contribution in [-0.2, 0) is 0 Å². The standard InChI is InChI=1S/C19H29N/c1-19(2,3)16-11-7-8-12-17(16)20-18-13-15(18)14-9-5-4-6-10-14/h4-6,9-10,15-18,20H,7-8,11-13H2,1-3H3. The molecular weight excluding hydrogens is 242 g/mol. The molecule has 0 heterocycles. The smallest absolute Gasteiger partial charge is 0.0145 e. The number of benzene rings is 1. The van der Waals surface area contributed by atoms with E-state index >= 15 is 0 Å². The maximum atomic E-state index is 4.00. The van der Waals surface area contributed by atoms with Crippen LogP contribution in [-0.4, -0.2) is 12.1 Å². The average molecular weight is 271 g/mol. The first-order valence-electron chi connectivity index (χ1n) is 8.37. The SMILES string of the molecule is CC(C)(C)C1CCCCC1NC1CC1c1ccccc1. The third kappa shape index (κ3) is 3.09. The summed E-state index contributed by atoms with van der Waals surface area (Å²) in [5, 5.41) is 4.00. The van der Waals surface area contributed by atoms with Crippen LogP contribution >= 0.6 is 0 Å². The van der Waals surface area contributed by atoms with Gasteiger partial charge in [0.05, 0.1) is 0 Å².